The van der Waals surface area contributed by atoms with E-state index in [4.69, 9.17) is 19.9 Å². The molecule has 17 aromatic carbocycles. The second-order valence-corrected chi connectivity index (χ2v) is 29.7. The highest BCUT2D eigenvalue weighted by Crippen LogP contribution is 2.47. The van der Waals surface area contributed by atoms with E-state index in [0.717, 1.165) is 166 Å². The highest BCUT2D eigenvalue weighted by atomic mass is 15.0. The van der Waals surface area contributed by atoms with Crippen LogP contribution in [0.1, 0.15) is 0 Å². The molecule has 0 saturated carbocycles. The molecule has 23 aromatic rings. The van der Waals surface area contributed by atoms with Gasteiger partial charge in [0.2, 0.25) is 0 Å². The molecule has 0 radical (unpaired) electrons. The maximum absolute atomic E-state index is 5.56. The van der Waals surface area contributed by atoms with E-state index in [-0.39, 0.29) is 0 Å². The van der Waals surface area contributed by atoms with Crippen LogP contribution in [0.5, 0.6) is 0 Å². The molecule has 0 spiro atoms. The van der Waals surface area contributed by atoms with Crippen molar-refractivity contribution in [1.82, 2.24) is 38.2 Å². The third kappa shape index (κ3) is 10.7. The Hall–Kier alpha value is -15.4. The Morgan fingerprint density at radius 2 is 0.518 bits per heavy atom. The van der Waals surface area contributed by atoms with E-state index >= 15 is 0 Å². The monoisotopic (exact) mass is 1450 g/mol. The van der Waals surface area contributed by atoms with Crippen LogP contribution in [-0.2, 0) is 0 Å². The fraction of sp³-hybridized carbons (Fsp3) is 0. The first kappa shape index (κ1) is 64.6. The Morgan fingerprint density at radius 1 is 0.158 bits per heavy atom. The molecule has 530 valence electrons. The third-order valence-electron chi connectivity index (χ3n) is 23.1. The van der Waals surface area contributed by atoms with Gasteiger partial charge in [0.15, 0.2) is 17.5 Å². The van der Waals surface area contributed by atoms with Crippen LogP contribution in [0.4, 0.5) is 0 Å². The van der Waals surface area contributed by atoms with Crippen LogP contribution < -0.4 is 0 Å². The number of aromatic nitrogens is 8. The quantitative estimate of drug-likeness (QED) is 0.122. The van der Waals surface area contributed by atoms with E-state index < -0.39 is 0 Å². The minimum absolute atomic E-state index is 0.570. The van der Waals surface area contributed by atoms with Gasteiger partial charge in [-0.25, -0.2) is 19.9 Å². The summed E-state index contributed by atoms with van der Waals surface area (Å²) in [6.07, 6.45) is 0. The predicted octanol–water partition coefficient (Wildman–Crippen LogP) is 27.3. The maximum atomic E-state index is 5.56. The first-order valence-electron chi connectivity index (χ1n) is 38.8. The van der Waals surface area contributed by atoms with Crippen molar-refractivity contribution in [2.75, 3.05) is 0 Å². The van der Waals surface area contributed by atoms with E-state index in [1.807, 2.05) is 18.2 Å². The van der Waals surface area contributed by atoms with Crippen LogP contribution in [0.15, 0.2) is 400 Å². The molecule has 0 aliphatic heterocycles. The molecule has 0 bridgehead atoms. The van der Waals surface area contributed by atoms with Crippen molar-refractivity contribution in [2.24, 2.45) is 0 Å². The Bertz CT molecular complexity index is 7760. The molecule has 8 heteroatoms. The number of benzene rings is 17. The molecule has 0 aliphatic rings. The van der Waals surface area contributed by atoms with Crippen molar-refractivity contribution in [2.45, 2.75) is 0 Å². The van der Waals surface area contributed by atoms with Crippen molar-refractivity contribution in [3.8, 4) is 113 Å². The molecular formula is C106H66N8. The van der Waals surface area contributed by atoms with Gasteiger partial charge < -0.3 is 18.3 Å². The van der Waals surface area contributed by atoms with Gasteiger partial charge in [-0.15, -0.1) is 0 Å². The molecular weight excluding hydrogens is 1390 g/mol. The van der Waals surface area contributed by atoms with Crippen molar-refractivity contribution in [3.63, 3.8) is 0 Å². The number of hydrogen-bond donors (Lipinski definition) is 0. The molecule has 6 heterocycles. The van der Waals surface area contributed by atoms with Crippen LogP contribution in [0.25, 0.3) is 222 Å². The SMILES string of the molecule is c1ccc(-c2cc(-c3nc(-c4ccccc4)nc(-c4ccc5cc(-n6c7ccccc7c7cc8c9ccccc9n(-c9ccccc9)c8cc76)ccc5c4)n3)cc(-c3cccc4c3c3cc5c6ccccc6n(-c6ccccc6)c5cc3n4-c3ccc4cc(-c5cc(-c6ccccc6)cc(-c6ccccc6)n5)ccc4c3)c2)cc1. The van der Waals surface area contributed by atoms with Crippen molar-refractivity contribution in [1.29, 1.82) is 0 Å². The van der Waals surface area contributed by atoms with E-state index in [1.165, 1.54) is 37.8 Å². The fourth-order valence-electron chi connectivity index (χ4n) is 17.8. The topological polar surface area (TPSA) is 71.3 Å². The lowest BCUT2D eigenvalue weighted by atomic mass is 9.93. The maximum Gasteiger partial charge on any atom is 0.164 e. The van der Waals surface area contributed by atoms with Gasteiger partial charge in [0.05, 0.1) is 55.5 Å². The molecule has 0 unspecified atom stereocenters. The third-order valence-corrected chi connectivity index (χ3v) is 23.1. The summed E-state index contributed by atoms with van der Waals surface area (Å²) >= 11 is 0. The Morgan fingerprint density at radius 3 is 1.05 bits per heavy atom. The minimum Gasteiger partial charge on any atom is -0.309 e. The van der Waals surface area contributed by atoms with Crippen LogP contribution in [0.2, 0.25) is 0 Å². The summed E-state index contributed by atoms with van der Waals surface area (Å²) in [6, 6.07) is 145. The van der Waals surface area contributed by atoms with Gasteiger partial charge in [0, 0.05) is 93.7 Å². The summed E-state index contributed by atoms with van der Waals surface area (Å²) in [5.74, 6) is 1.74. The van der Waals surface area contributed by atoms with Crippen LogP contribution >= 0.6 is 0 Å². The molecule has 0 aliphatic carbocycles. The van der Waals surface area contributed by atoms with Crippen molar-refractivity contribution < 1.29 is 0 Å². The Balaban J connectivity index is 0.686. The zero-order valence-corrected chi connectivity index (χ0v) is 61.7. The van der Waals surface area contributed by atoms with Gasteiger partial charge in [-0.3, -0.25) is 0 Å². The normalized spacial score (nSPS) is 11.9. The summed E-state index contributed by atoms with van der Waals surface area (Å²) in [5.41, 5.74) is 26.6. The minimum atomic E-state index is 0.570. The van der Waals surface area contributed by atoms with E-state index in [2.05, 4.69) is 400 Å². The van der Waals surface area contributed by atoms with Crippen LogP contribution in [-0.4, -0.2) is 38.2 Å². The molecule has 23 rings (SSSR count). The van der Waals surface area contributed by atoms with Gasteiger partial charge >= 0.3 is 0 Å². The van der Waals surface area contributed by atoms with Crippen LogP contribution in [0.3, 0.4) is 0 Å². The predicted molar refractivity (Wildman–Crippen MR) is 473 cm³/mol. The summed E-state index contributed by atoms with van der Waals surface area (Å²) < 4.78 is 9.74. The number of hydrogen-bond acceptors (Lipinski definition) is 4. The number of rotatable bonds is 12. The zero-order valence-electron chi connectivity index (χ0n) is 61.7. The highest BCUT2D eigenvalue weighted by Gasteiger charge is 2.25. The second-order valence-electron chi connectivity index (χ2n) is 29.7. The lowest BCUT2D eigenvalue weighted by molar-refractivity contribution is 1.07. The lowest BCUT2D eigenvalue weighted by Crippen LogP contribution is -2.01. The number of nitrogens with zero attached hydrogens (tertiary/aromatic N) is 8. The summed E-state index contributed by atoms with van der Waals surface area (Å²) in [7, 11) is 0. The highest BCUT2D eigenvalue weighted by molar-refractivity contribution is 6.23. The van der Waals surface area contributed by atoms with E-state index in [9.17, 15) is 0 Å². The van der Waals surface area contributed by atoms with E-state index in [1.54, 1.807) is 0 Å². The van der Waals surface area contributed by atoms with Gasteiger partial charge in [-0.05, 0) is 194 Å². The number of pyridine rings is 1. The second kappa shape index (κ2) is 26.2. The number of fused-ring (bicyclic) bond motifs is 14. The summed E-state index contributed by atoms with van der Waals surface area (Å²) in [6.45, 7) is 0. The zero-order chi connectivity index (χ0) is 74.9. The largest absolute Gasteiger partial charge is 0.309 e. The molecule has 114 heavy (non-hydrogen) atoms. The average Bonchev–Trinajstić information content (AvgIpc) is 1.55. The molecule has 8 nitrogen and oxygen atoms in total. The van der Waals surface area contributed by atoms with Gasteiger partial charge in [-0.2, -0.15) is 0 Å². The summed E-state index contributed by atoms with van der Waals surface area (Å²) in [5, 5.41) is 13.9. The Kier molecular flexibility index (Phi) is 14.8. The molecule has 0 atom stereocenters. The van der Waals surface area contributed by atoms with Gasteiger partial charge in [-0.1, -0.05) is 261 Å². The average molecular weight is 1450 g/mol. The standard InChI is InChI=1S/C106H66N8/c1-7-26-67(27-8-1)77-56-79(58-80(57-77)106-109-104(70-32-13-4-14-33-70)108-105(110-106)76-49-47-74-59-83(52-51-72(74)55-76)113-97-44-24-21-39-87(97)90-63-89-86-38-19-22-42-95(86)111(99(89)65-101(90)113)81-34-15-5-16-35-81)85-41-25-45-98-103(85)92-64-91-88-40-20-23-43-96(88)112(82-36-17-6-18-37-82)100(91)66-102(92)114(98)84-53-50-71-54-75(48-46-73(71)60-84)94-62-78(68-28-9-2-10-29-68)61-93(107-94)69-30-11-3-12-31-69/h1-66H. The van der Waals surface area contributed by atoms with Crippen LogP contribution in [0, 0.1) is 0 Å². The van der Waals surface area contributed by atoms with Crippen molar-refractivity contribution >= 4 is 109 Å². The fourth-order valence-corrected chi connectivity index (χ4v) is 17.8. The smallest absolute Gasteiger partial charge is 0.164 e. The first-order valence-corrected chi connectivity index (χ1v) is 38.8. The Labute approximate surface area is 655 Å². The van der Waals surface area contributed by atoms with Gasteiger partial charge in [0.25, 0.3) is 0 Å². The van der Waals surface area contributed by atoms with Crippen molar-refractivity contribution in [3.05, 3.63) is 400 Å². The molecule has 0 amide bonds. The molecule has 0 fully saturated rings. The lowest BCUT2D eigenvalue weighted by Gasteiger charge is -2.14. The number of para-hydroxylation sites is 5. The summed E-state index contributed by atoms with van der Waals surface area (Å²) in [4.78, 5) is 21.7. The van der Waals surface area contributed by atoms with E-state index in [0.29, 0.717) is 17.5 Å². The first-order chi connectivity index (χ1) is 56.5. The molecule has 6 aromatic heterocycles. The van der Waals surface area contributed by atoms with Gasteiger partial charge in [0.1, 0.15) is 0 Å². The molecule has 0 saturated heterocycles. The molecule has 0 N–H and O–H groups in total.